The normalized spacial score (nSPS) is 10.3. The van der Waals surface area contributed by atoms with E-state index in [0.717, 1.165) is 16.4 Å². The first-order valence-corrected chi connectivity index (χ1v) is 6.48. The van der Waals surface area contributed by atoms with Crippen LogP contribution in [-0.4, -0.2) is 7.11 Å². The minimum Gasteiger partial charge on any atom is -0.497 e. The molecule has 0 aliphatic heterocycles. The minimum atomic E-state index is -0.304. The summed E-state index contributed by atoms with van der Waals surface area (Å²) < 4.78 is 18.0. The fourth-order valence-corrected chi connectivity index (χ4v) is 2.44. The highest BCUT2D eigenvalue weighted by Crippen LogP contribution is 2.29. The van der Waals surface area contributed by atoms with E-state index in [1.54, 1.807) is 24.9 Å². The van der Waals surface area contributed by atoms with E-state index in [4.69, 9.17) is 10.5 Å². The van der Waals surface area contributed by atoms with Crippen molar-refractivity contribution < 1.29 is 9.13 Å². The van der Waals surface area contributed by atoms with Gasteiger partial charge in [0.2, 0.25) is 0 Å². The third-order valence-corrected chi connectivity index (χ3v) is 3.69. The maximum absolute atomic E-state index is 12.9. The molecule has 0 aromatic heterocycles. The molecule has 2 aromatic carbocycles. The summed E-state index contributed by atoms with van der Waals surface area (Å²) in [7, 11) is 1.64. The Morgan fingerprint density at radius 1 is 1.17 bits per heavy atom. The van der Waals surface area contributed by atoms with E-state index in [9.17, 15) is 4.39 Å². The monoisotopic (exact) mass is 263 g/mol. The van der Waals surface area contributed by atoms with Gasteiger partial charge in [-0.1, -0.05) is 12.1 Å². The zero-order valence-corrected chi connectivity index (χ0v) is 10.8. The predicted molar refractivity (Wildman–Crippen MR) is 73.4 cm³/mol. The van der Waals surface area contributed by atoms with Crippen LogP contribution in [0.1, 0.15) is 5.56 Å². The molecule has 0 spiro atoms. The maximum Gasteiger partial charge on any atom is 0.125 e. The van der Waals surface area contributed by atoms with Gasteiger partial charge in [0, 0.05) is 16.3 Å². The molecular formula is C14H14FNOS. The van der Waals surface area contributed by atoms with E-state index in [2.05, 4.69) is 0 Å². The Morgan fingerprint density at radius 3 is 2.50 bits per heavy atom. The second-order valence-electron chi connectivity index (χ2n) is 3.82. The number of rotatable bonds is 4. The van der Waals surface area contributed by atoms with E-state index < -0.39 is 0 Å². The average Bonchev–Trinajstić information content (AvgIpc) is 2.38. The Labute approximate surface area is 110 Å². The van der Waals surface area contributed by atoms with E-state index in [1.165, 1.54) is 17.7 Å². The molecular weight excluding hydrogens is 249 g/mol. The first-order chi connectivity index (χ1) is 8.69. The fraction of sp³-hybridized carbons (Fsp3) is 0.143. The van der Waals surface area contributed by atoms with Crippen LogP contribution in [0.3, 0.4) is 0 Å². The number of nitrogens with two attached hydrogens (primary N) is 1. The molecule has 0 fully saturated rings. The Morgan fingerprint density at radius 2 is 1.89 bits per heavy atom. The number of anilines is 1. The van der Waals surface area contributed by atoms with Crippen LogP contribution in [0.25, 0.3) is 0 Å². The summed E-state index contributed by atoms with van der Waals surface area (Å²) in [4.78, 5) is 0.896. The molecule has 0 bridgehead atoms. The van der Waals surface area contributed by atoms with Crippen LogP contribution in [0.4, 0.5) is 10.1 Å². The van der Waals surface area contributed by atoms with Crippen LogP contribution in [0, 0.1) is 5.82 Å². The highest BCUT2D eigenvalue weighted by atomic mass is 32.2. The summed E-state index contributed by atoms with van der Waals surface area (Å²) in [6, 6.07) is 12.3. The van der Waals surface area contributed by atoms with Gasteiger partial charge < -0.3 is 10.5 Å². The minimum absolute atomic E-state index is 0.304. The van der Waals surface area contributed by atoms with Gasteiger partial charge in [0.05, 0.1) is 7.11 Å². The van der Waals surface area contributed by atoms with Crippen molar-refractivity contribution in [3.05, 3.63) is 53.8 Å². The molecule has 0 heterocycles. The smallest absolute Gasteiger partial charge is 0.125 e. The summed E-state index contributed by atoms with van der Waals surface area (Å²) in [5.41, 5.74) is 7.40. The van der Waals surface area contributed by atoms with E-state index in [1.807, 2.05) is 24.3 Å². The molecule has 0 aliphatic carbocycles. The zero-order chi connectivity index (χ0) is 13.0. The van der Waals surface area contributed by atoms with E-state index in [-0.39, 0.29) is 5.82 Å². The van der Waals surface area contributed by atoms with Crippen molar-refractivity contribution >= 4 is 17.4 Å². The van der Waals surface area contributed by atoms with E-state index >= 15 is 0 Å². The highest BCUT2D eigenvalue weighted by Gasteiger charge is 2.02. The lowest BCUT2D eigenvalue weighted by molar-refractivity contribution is 0.414. The van der Waals surface area contributed by atoms with E-state index in [0.29, 0.717) is 5.69 Å². The Balaban J connectivity index is 2.02. The standard InChI is InChI=1S/C14H14FNOS/c1-17-12-5-2-10(3-6-12)9-18-14-7-4-11(15)8-13(14)16/h2-8H,9,16H2,1H3. The lowest BCUT2D eigenvalue weighted by atomic mass is 10.2. The third kappa shape index (κ3) is 3.17. The van der Waals surface area contributed by atoms with Gasteiger partial charge in [0.15, 0.2) is 0 Å². The molecule has 2 rings (SSSR count). The number of methoxy groups -OCH3 is 1. The molecule has 2 aromatic rings. The van der Waals surface area contributed by atoms with Gasteiger partial charge in [-0.3, -0.25) is 0 Å². The van der Waals surface area contributed by atoms with Gasteiger partial charge in [-0.25, -0.2) is 4.39 Å². The number of benzene rings is 2. The Bertz CT molecular complexity index is 528. The van der Waals surface area contributed by atoms with Gasteiger partial charge in [0.1, 0.15) is 11.6 Å². The SMILES string of the molecule is COc1ccc(CSc2ccc(F)cc2N)cc1. The van der Waals surface area contributed by atoms with Crippen LogP contribution >= 0.6 is 11.8 Å². The lowest BCUT2D eigenvalue weighted by Crippen LogP contribution is -1.90. The van der Waals surface area contributed by atoms with Gasteiger partial charge >= 0.3 is 0 Å². The average molecular weight is 263 g/mol. The van der Waals surface area contributed by atoms with Crippen molar-refractivity contribution in [3.63, 3.8) is 0 Å². The van der Waals surface area contributed by atoms with Gasteiger partial charge in [-0.15, -0.1) is 11.8 Å². The number of ether oxygens (including phenoxy) is 1. The number of nitrogen functional groups attached to an aromatic ring is 1. The first-order valence-electron chi connectivity index (χ1n) is 5.50. The van der Waals surface area contributed by atoms with Crippen LogP contribution in [0.5, 0.6) is 5.75 Å². The second kappa shape index (κ2) is 5.78. The molecule has 0 unspecified atom stereocenters. The van der Waals surface area contributed by atoms with Crippen molar-refractivity contribution in [2.75, 3.05) is 12.8 Å². The zero-order valence-electron chi connectivity index (χ0n) is 10.0. The van der Waals surface area contributed by atoms with Gasteiger partial charge in [-0.2, -0.15) is 0 Å². The fourth-order valence-electron chi connectivity index (χ4n) is 1.53. The summed E-state index contributed by atoms with van der Waals surface area (Å²) in [5, 5.41) is 0. The molecule has 0 saturated heterocycles. The molecule has 2 nitrogen and oxygen atoms in total. The summed E-state index contributed by atoms with van der Waals surface area (Å²) in [6.45, 7) is 0. The van der Waals surface area contributed by atoms with Crippen LogP contribution < -0.4 is 10.5 Å². The largest absolute Gasteiger partial charge is 0.497 e. The number of hydrogen-bond acceptors (Lipinski definition) is 3. The van der Waals surface area contributed by atoms with Crippen LogP contribution in [-0.2, 0) is 5.75 Å². The Hall–Kier alpha value is -1.68. The second-order valence-corrected chi connectivity index (χ2v) is 4.84. The summed E-state index contributed by atoms with van der Waals surface area (Å²) in [6.07, 6.45) is 0. The topological polar surface area (TPSA) is 35.2 Å². The van der Waals surface area contributed by atoms with Crippen molar-refractivity contribution in [1.82, 2.24) is 0 Å². The maximum atomic E-state index is 12.9. The molecule has 0 aliphatic rings. The van der Waals surface area contributed by atoms with Gasteiger partial charge in [0.25, 0.3) is 0 Å². The molecule has 4 heteroatoms. The number of thioether (sulfide) groups is 1. The lowest BCUT2D eigenvalue weighted by Gasteiger charge is -2.06. The van der Waals surface area contributed by atoms with Crippen molar-refractivity contribution in [2.24, 2.45) is 0 Å². The van der Waals surface area contributed by atoms with Crippen LogP contribution in [0.15, 0.2) is 47.4 Å². The first kappa shape index (κ1) is 12.8. The molecule has 0 radical (unpaired) electrons. The molecule has 94 valence electrons. The number of hydrogen-bond donors (Lipinski definition) is 1. The highest BCUT2D eigenvalue weighted by molar-refractivity contribution is 7.98. The van der Waals surface area contributed by atoms with Crippen molar-refractivity contribution in [1.29, 1.82) is 0 Å². The van der Waals surface area contributed by atoms with Crippen molar-refractivity contribution in [2.45, 2.75) is 10.6 Å². The third-order valence-electron chi connectivity index (χ3n) is 2.53. The molecule has 0 saturated carbocycles. The summed E-state index contributed by atoms with van der Waals surface area (Å²) >= 11 is 1.59. The molecule has 0 amide bonds. The van der Waals surface area contributed by atoms with Crippen LogP contribution in [0.2, 0.25) is 0 Å². The predicted octanol–water partition coefficient (Wildman–Crippen LogP) is 3.71. The quantitative estimate of drug-likeness (QED) is 0.674. The molecule has 2 N–H and O–H groups in total. The van der Waals surface area contributed by atoms with Crippen molar-refractivity contribution in [3.8, 4) is 5.75 Å². The Kier molecular flexibility index (Phi) is 4.10. The summed E-state index contributed by atoms with van der Waals surface area (Å²) in [5.74, 6) is 1.33. The molecule has 0 atom stereocenters. The number of halogens is 1. The van der Waals surface area contributed by atoms with Gasteiger partial charge in [-0.05, 0) is 35.9 Å². The molecule has 18 heavy (non-hydrogen) atoms.